The molecule has 2 rings (SSSR count). The average molecular weight is 387 g/mol. The average Bonchev–Trinajstić information content (AvgIpc) is 2.39. The van der Waals surface area contributed by atoms with Crippen LogP contribution in [0.3, 0.4) is 0 Å². The summed E-state index contributed by atoms with van der Waals surface area (Å²) in [5.74, 6) is 0. The van der Waals surface area contributed by atoms with Crippen LogP contribution >= 0.6 is 39.1 Å². The summed E-state index contributed by atoms with van der Waals surface area (Å²) >= 11 is 16.2. The maximum atomic E-state index is 6.48. The molecule has 1 unspecified atom stereocenters. The molecule has 1 N–H and O–H groups in total. The SMILES string of the molecule is CCNC(c1cc(Cl)cc(Br)c1)c1cc(C)c(C)cc1Cl. The number of halogens is 3. The lowest BCUT2D eigenvalue weighted by Gasteiger charge is -2.22. The minimum atomic E-state index is 0.0248. The first-order valence-electron chi connectivity index (χ1n) is 6.88. The van der Waals surface area contributed by atoms with Crippen LogP contribution in [0.2, 0.25) is 10.0 Å². The number of aryl methyl sites for hydroxylation is 2. The molecule has 1 nitrogen and oxygen atoms in total. The van der Waals surface area contributed by atoms with Crippen molar-refractivity contribution in [1.29, 1.82) is 0 Å². The summed E-state index contributed by atoms with van der Waals surface area (Å²) in [5, 5.41) is 4.98. The minimum Gasteiger partial charge on any atom is -0.306 e. The Bertz CT molecular complexity index is 635. The zero-order chi connectivity index (χ0) is 15.6. The van der Waals surface area contributed by atoms with Gasteiger partial charge in [0.15, 0.2) is 0 Å². The highest BCUT2D eigenvalue weighted by Gasteiger charge is 2.18. The first-order valence-corrected chi connectivity index (χ1v) is 8.43. The van der Waals surface area contributed by atoms with Gasteiger partial charge in [0.25, 0.3) is 0 Å². The van der Waals surface area contributed by atoms with Gasteiger partial charge in [-0.2, -0.15) is 0 Å². The Morgan fingerprint density at radius 3 is 2.33 bits per heavy atom. The fraction of sp³-hybridized carbons (Fsp3) is 0.294. The Labute approximate surface area is 144 Å². The van der Waals surface area contributed by atoms with Crippen molar-refractivity contribution >= 4 is 39.1 Å². The second kappa shape index (κ2) is 7.15. The molecular formula is C17H18BrCl2N. The smallest absolute Gasteiger partial charge is 0.0592 e. The molecule has 0 heterocycles. The van der Waals surface area contributed by atoms with Crippen LogP contribution < -0.4 is 5.32 Å². The normalized spacial score (nSPS) is 12.5. The van der Waals surface area contributed by atoms with E-state index in [1.807, 2.05) is 18.2 Å². The summed E-state index contributed by atoms with van der Waals surface area (Å²) in [5.41, 5.74) is 4.61. The van der Waals surface area contributed by atoms with Crippen LogP contribution in [-0.2, 0) is 0 Å². The van der Waals surface area contributed by atoms with Crippen LogP contribution in [-0.4, -0.2) is 6.54 Å². The number of nitrogens with one attached hydrogen (secondary N) is 1. The fourth-order valence-corrected chi connectivity index (χ4v) is 3.59. The summed E-state index contributed by atoms with van der Waals surface area (Å²) in [7, 11) is 0. The zero-order valence-corrected chi connectivity index (χ0v) is 15.4. The van der Waals surface area contributed by atoms with Crippen LogP contribution in [0.5, 0.6) is 0 Å². The molecule has 0 aliphatic heterocycles. The maximum absolute atomic E-state index is 6.48. The van der Waals surface area contributed by atoms with Gasteiger partial charge in [-0.15, -0.1) is 0 Å². The minimum absolute atomic E-state index is 0.0248. The van der Waals surface area contributed by atoms with Gasteiger partial charge in [0.1, 0.15) is 0 Å². The van der Waals surface area contributed by atoms with Crippen LogP contribution in [0.1, 0.15) is 35.2 Å². The number of hydrogen-bond donors (Lipinski definition) is 1. The molecule has 0 saturated carbocycles. The molecule has 4 heteroatoms. The molecule has 0 aliphatic carbocycles. The van der Waals surface area contributed by atoms with Gasteiger partial charge in [0.05, 0.1) is 6.04 Å². The van der Waals surface area contributed by atoms with Gasteiger partial charge >= 0.3 is 0 Å². The van der Waals surface area contributed by atoms with Gasteiger partial charge in [0.2, 0.25) is 0 Å². The van der Waals surface area contributed by atoms with Crippen LogP contribution in [0, 0.1) is 13.8 Å². The van der Waals surface area contributed by atoms with Gasteiger partial charge in [-0.3, -0.25) is 0 Å². The summed E-state index contributed by atoms with van der Waals surface area (Å²) < 4.78 is 0.966. The lowest BCUT2D eigenvalue weighted by Crippen LogP contribution is -2.22. The third-order valence-electron chi connectivity index (χ3n) is 3.55. The number of rotatable bonds is 4. The monoisotopic (exact) mass is 385 g/mol. The van der Waals surface area contributed by atoms with E-state index in [0.29, 0.717) is 5.02 Å². The Hall–Kier alpha value is -0.540. The molecule has 0 amide bonds. The van der Waals surface area contributed by atoms with Crippen molar-refractivity contribution in [2.75, 3.05) is 6.54 Å². The van der Waals surface area contributed by atoms with E-state index in [9.17, 15) is 0 Å². The molecule has 2 aromatic carbocycles. The first kappa shape index (κ1) is 16.8. The summed E-state index contributed by atoms with van der Waals surface area (Å²) in [6.07, 6.45) is 0. The van der Waals surface area contributed by atoms with Crippen molar-refractivity contribution in [3.05, 3.63) is 67.1 Å². The Morgan fingerprint density at radius 2 is 1.71 bits per heavy atom. The van der Waals surface area contributed by atoms with Crippen molar-refractivity contribution in [1.82, 2.24) is 5.32 Å². The molecule has 0 aromatic heterocycles. The molecule has 21 heavy (non-hydrogen) atoms. The second-order valence-corrected chi connectivity index (χ2v) is 6.91. The van der Waals surface area contributed by atoms with Gasteiger partial charge in [-0.1, -0.05) is 52.1 Å². The van der Waals surface area contributed by atoms with E-state index in [4.69, 9.17) is 23.2 Å². The van der Waals surface area contributed by atoms with E-state index in [1.54, 1.807) is 0 Å². The quantitative estimate of drug-likeness (QED) is 0.672. The molecule has 0 aliphatic rings. The van der Waals surface area contributed by atoms with Crippen molar-refractivity contribution in [3.8, 4) is 0 Å². The molecule has 0 fully saturated rings. The molecule has 2 aromatic rings. The highest BCUT2D eigenvalue weighted by Crippen LogP contribution is 2.33. The Morgan fingerprint density at radius 1 is 1.05 bits per heavy atom. The van der Waals surface area contributed by atoms with E-state index >= 15 is 0 Å². The maximum Gasteiger partial charge on any atom is 0.0592 e. The van der Waals surface area contributed by atoms with E-state index < -0.39 is 0 Å². The molecule has 0 spiro atoms. The predicted molar refractivity (Wildman–Crippen MR) is 95.6 cm³/mol. The molecule has 0 saturated heterocycles. The standard InChI is InChI=1S/C17H18BrCl2N/c1-4-21-17(12-7-13(18)9-14(19)8-12)15-5-10(2)11(3)6-16(15)20/h5-9,17,21H,4H2,1-3H3. The lowest BCUT2D eigenvalue weighted by atomic mass is 9.95. The van der Waals surface area contributed by atoms with Crippen LogP contribution in [0.4, 0.5) is 0 Å². The third-order valence-corrected chi connectivity index (χ3v) is 4.55. The largest absolute Gasteiger partial charge is 0.306 e. The molecule has 0 bridgehead atoms. The number of benzene rings is 2. The Kier molecular flexibility index (Phi) is 5.73. The van der Waals surface area contributed by atoms with Gasteiger partial charge in [-0.05, 0) is 66.9 Å². The zero-order valence-electron chi connectivity index (χ0n) is 12.3. The number of hydrogen-bond acceptors (Lipinski definition) is 1. The van der Waals surface area contributed by atoms with E-state index in [2.05, 4.69) is 54.2 Å². The van der Waals surface area contributed by atoms with Crippen molar-refractivity contribution in [3.63, 3.8) is 0 Å². The molecule has 112 valence electrons. The van der Waals surface area contributed by atoms with E-state index in [0.717, 1.165) is 27.2 Å². The highest BCUT2D eigenvalue weighted by atomic mass is 79.9. The van der Waals surface area contributed by atoms with Crippen molar-refractivity contribution in [2.24, 2.45) is 0 Å². The van der Waals surface area contributed by atoms with E-state index in [1.165, 1.54) is 11.1 Å². The van der Waals surface area contributed by atoms with Gasteiger partial charge < -0.3 is 5.32 Å². The van der Waals surface area contributed by atoms with Crippen molar-refractivity contribution in [2.45, 2.75) is 26.8 Å². The molecular weight excluding hydrogens is 369 g/mol. The van der Waals surface area contributed by atoms with Gasteiger partial charge in [-0.25, -0.2) is 0 Å². The highest BCUT2D eigenvalue weighted by molar-refractivity contribution is 9.10. The predicted octanol–water partition coefficient (Wildman–Crippen LogP) is 6.07. The van der Waals surface area contributed by atoms with E-state index in [-0.39, 0.29) is 6.04 Å². The summed E-state index contributed by atoms with van der Waals surface area (Å²) in [4.78, 5) is 0. The topological polar surface area (TPSA) is 12.0 Å². The van der Waals surface area contributed by atoms with Crippen molar-refractivity contribution < 1.29 is 0 Å². The van der Waals surface area contributed by atoms with Crippen LogP contribution in [0.15, 0.2) is 34.8 Å². The fourth-order valence-electron chi connectivity index (χ4n) is 2.38. The lowest BCUT2D eigenvalue weighted by molar-refractivity contribution is 0.630. The first-order chi connectivity index (χ1) is 9.92. The summed E-state index contributed by atoms with van der Waals surface area (Å²) in [6, 6.07) is 10.1. The molecule has 0 radical (unpaired) electrons. The molecule has 1 atom stereocenters. The third kappa shape index (κ3) is 4.01. The summed E-state index contributed by atoms with van der Waals surface area (Å²) in [6.45, 7) is 7.11. The van der Waals surface area contributed by atoms with Gasteiger partial charge in [0, 0.05) is 14.5 Å². The second-order valence-electron chi connectivity index (χ2n) is 5.15. The van der Waals surface area contributed by atoms with Crippen LogP contribution in [0.25, 0.3) is 0 Å². The Balaban J connectivity index is 2.55.